The fourth-order valence-electron chi connectivity index (χ4n) is 0.665. The quantitative estimate of drug-likeness (QED) is 0.557. The second-order valence-electron chi connectivity index (χ2n) is 1.97. The van der Waals surface area contributed by atoms with Crippen LogP contribution < -0.4 is 0 Å². The van der Waals surface area contributed by atoms with Crippen molar-refractivity contribution in [1.82, 2.24) is 9.97 Å². The molecule has 1 unspecified atom stereocenters. The number of aliphatic hydroxyl groups excluding tert-OH is 1. The molecule has 0 aliphatic carbocycles. The van der Waals surface area contributed by atoms with Gasteiger partial charge in [0.05, 0.1) is 12.0 Å². The van der Waals surface area contributed by atoms with Crippen molar-refractivity contribution in [3.63, 3.8) is 0 Å². The lowest BCUT2D eigenvalue weighted by Gasteiger charge is -1.96. The number of carbonyl (C=O) groups excluding carboxylic acids is 1. The first-order valence-electron chi connectivity index (χ1n) is 2.94. The summed E-state index contributed by atoms with van der Waals surface area (Å²) in [4.78, 5) is 16.5. The highest BCUT2D eigenvalue weighted by atomic mass is 16.3. The molecule has 0 aromatic carbocycles. The molecule has 4 heteroatoms. The van der Waals surface area contributed by atoms with Crippen LogP contribution in [-0.4, -0.2) is 27.5 Å². The SMILES string of the molecule is O=CC(O)Cc1c[nH]cn1. The largest absolute Gasteiger partial charge is 0.385 e. The van der Waals surface area contributed by atoms with Gasteiger partial charge in [-0.2, -0.15) is 0 Å². The minimum atomic E-state index is -0.928. The van der Waals surface area contributed by atoms with E-state index < -0.39 is 6.10 Å². The Kier molecular flexibility index (Phi) is 2.17. The van der Waals surface area contributed by atoms with Gasteiger partial charge in [0.2, 0.25) is 0 Å². The zero-order valence-corrected chi connectivity index (χ0v) is 5.32. The number of imidazole rings is 1. The minimum Gasteiger partial charge on any atom is -0.385 e. The van der Waals surface area contributed by atoms with Crippen LogP contribution >= 0.6 is 0 Å². The summed E-state index contributed by atoms with van der Waals surface area (Å²) in [6, 6.07) is 0. The number of aromatic nitrogens is 2. The topological polar surface area (TPSA) is 66.0 Å². The van der Waals surface area contributed by atoms with E-state index >= 15 is 0 Å². The van der Waals surface area contributed by atoms with Gasteiger partial charge in [-0.25, -0.2) is 4.98 Å². The summed E-state index contributed by atoms with van der Waals surface area (Å²) in [6.45, 7) is 0. The molecule has 4 nitrogen and oxygen atoms in total. The smallest absolute Gasteiger partial charge is 0.148 e. The van der Waals surface area contributed by atoms with Crippen LogP contribution in [0.2, 0.25) is 0 Å². The fourth-order valence-corrected chi connectivity index (χ4v) is 0.665. The summed E-state index contributed by atoms with van der Waals surface area (Å²) in [5.74, 6) is 0. The Morgan fingerprint density at radius 3 is 3.20 bits per heavy atom. The van der Waals surface area contributed by atoms with E-state index in [1.807, 2.05) is 0 Å². The first-order valence-corrected chi connectivity index (χ1v) is 2.94. The second-order valence-corrected chi connectivity index (χ2v) is 1.97. The summed E-state index contributed by atoms with van der Waals surface area (Å²) >= 11 is 0. The number of hydrogen-bond donors (Lipinski definition) is 2. The highest BCUT2D eigenvalue weighted by Gasteiger charge is 2.03. The molecule has 54 valence electrons. The number of hydrogen-bond acceptors (Lipinski definition) is 3. The lowest BCUT2D eigenvalue weighted by Crippen LogP contribution is -2.11. The Labute approximate surface area is 57.9 Å². The molecule has 0 fully saturated rings. The highest BCUT2D eigenvalue weighted by molar-refractivity contribution is 5.55. The van der Waals surface area contributed by atoms with Crippen molar-refractivity contribution in [3.8, 4) is 0 Å². The Morgan fingerprint density at radius 2 is 2.70 bits per heavy atom. The summed E-state index contributed by atoms with van der Waals surface area (Å²) in [6.07, 6.45) is 3.00. The predicted molar refractivity (Wildman–Crippen MR) is 34.4 cm³/mol. The zero-order valence-electron chi connectivity index (χ0n) is 5.32. The summed E-state index contributed by atoms with van der Waals surface area (Å²) < 4.78 is 0. The number of carbonyl (C=O) groups is 1. The van der Waals surface area contributed by atoms with Crippen molar-refractivity contribution in [2.45, 2.75) is 12.5 Å². The van der Waals surface area contributed by atoms with Gasteiger partial charge >= 0.3 is 0 Å². The fraction of sp³-hybridized carbons (Fsp3) is 0.333. The van der Waals surface area contributed by atoms with E-state index in [9.17, 15) is 4.79 Å². The number of nitrogens with zero attached hydrogens (tertiary/aromatic N) is 1. The van der Waals surface area contributed by atoms with Gasteiger partial charge in [0.1, 0.15) is 12.4 Å². The molecule has 0 aliphatic heterocycles. The predicted octanol–water partition coefficient (Wildman–Crippen LogP) is -0.488. The molecule has 1 aromatic heterocycles. The Balaban J connectivity index is 2.47. The van der Waals surface area contributed by atoms with Crippen molar-refractivity contribution in [1.29, 1.82) is 0 Å². The van der Waals surface area contributed by atoms with Gasteiger partial charge in [-0.05, 0) is 0 Å². The molecule has 1 atom stereocenters. The van der Waals surface area contributed by atoms with Crippen LogP contribution in [0.4, 0.5) is 0 Å². The number of rotatable bonds is 3. The third kappa shape index (κ3) is 1.66. The van der Waals surface area contributed by atoms with E-state index in [0.717, 1.165) is 0 Å². The van der Waals surface area contributed by atoms with Crippen LogP contribution in [0.5, 0.6) is 0 Å². The molecule has 1 aromatic rings. The Hall–Kier alpha value is -1.16. The number of aromatic amines is 1. The normalized spacial score (nSPS) is 12.9. The number of nitrogens with one attached hydrogen (secondary N) is 1. The third-order valence-electron chi connectivity index (χ3n) is 1.13. The molecule has 1 rings (SSSR count). The molecule has 1 heterocycles. The van der Waals surface area contributed by atoms with Crippen molar-refractivity contribution in [3.05, 3.63) is 18.2 Å². The van der Waals surface area contributed by atoms with E-state index in [0.29, 0.717) is 12.0 Å². The Bertz CT molecular complexity index is 196. The van der Waals surface area contributed by atoms with E-state index in [1.54, 1.807) is 6.20 Å². The maximum absolute atomic E-state index is 9.94. The van der Waals surface area contributed by atoms with Crippen LogP contribution in [0.15, 0.2) is 12.5 Å². The number of aldehydes is 1. The van der Waals surface area contributed by atoms with Gasteiger partial charge in [-0.15, -0.1) is 0 Å². The Morgan fingerprint density at radius 1 is 1.90 bits per heavy atom. The molecule has 0 aliphatic rings. The molecule has 0 bridgehead atoms. The third-order valence-corrected chi connectivity index (χ3v) is 1.13. The van der Waals surface area contributed by atoms with Gasteiger partial charge in [0.25, 0.3) is 0 Å². The van der Waals surface area contributed by atoms with Gasteiger partial charge in [-0.3, -0.25) is 0 Å². The van der Waals surface area contributed by atoms with Gasteiger partial charge in [0.15, 0.2) is 0 Å². The molecule has 0 amide bonds. The molecule has 0 saturated heterocycles. The molecular weight excluding hydrogens is 132 g/mol. The van der Waals surface area contributed by atoms with E-state index in [-0.39, 0.29) is 6.42 Å². The summed E-state index contributed by atoms with van der Waals surface area (Å²) in [5.41, 5.74) is 0.694. The van der Waals surface area contributed by atoms with Crippen LogP contribution in [0.1, 0.15) is 5.69 Å². The highest BCUT2D eigenvalue weighted by Crippen LogP contribution is 1.94. The molecule has 10 heavy (non-hydrogen) atoms. The zero-order chi connectivity index (χ0) is 7.40. The van der Waals surface area contributed by atoms with Crippen molar-refractivity contribution in [2.24, 2.45) is 0 Å². The van der Waals surface area contributed by atoms with Crippen LogP contribution in [-0.2, 0) is 11.2 Å². The summed E-state index contributed by atoms with van der Waals surface area (Å²) in [7, 11) is 0. The first kappa shape index (κ1) is 6.95. The maximum Gasteiger partial charge on any atom is 0.148 e. The molecule has 2 N–H and O–H groups in total. The molecule has 0 saturated carbocycles. The number of aliphatic hydroxyl groups is 1. The van der Waals surface area contributed by atoms with Crippen molar-refractivity contribution < 1.29 is 9.90 Å². The summed E-state index contributed by atoms with van der Waals surface area (Å²) in [5, 5.41) is 8.81. The van der Waals surface area contributed by atoms with E-state index in [2.05, 4.69) is 9.97 Å². The van der Waals surface area contributed by atoms with Crippen molar-refractivity contribution >= 4 is 6.29 Å². The van der Waals surface area contributed by atoms with Crippen LogP contribution in [0.25, 0.3) is 0 Å². The van der Waals surface area contributed by atoms with Crippen molar-refractivity contribution in [2.75, 3.05) is 0 Å². The lowest BCUT2D eigenvalue weighted by atomic mass is 10.2. The second kappa shape index (κ2) is 3.12. The molecule has 0 radical (unpaired) electrons. The molecule has 0 spiro atoms. The average molecular weight is 140 g/mol. The van der Waals surface area contributed by atoms with E-state index in [1.165, 1.54) is 6.33 Å². The lowest BCUT2D eigenvalue weighted by molar-refractivity contribution is -0.114. The van der Waals surface area contributed by atoms with Crippen LogP contribution in [0, 0.1) is 0 Å². The minimum absolute atomic E-state index is 0.285. The monoisotopic (exact) mass is 140 g/mol. The first-order chi connectivity index (χ1) is 4.83. The van der Waals surface area contributed by atoms with Gasteiger partial charge in [-0.1, -0.05) is 0 Å². The molecular formula is C6H8N2O2. The maximum atomic E-state index is 9.94. The van der Waals surface area contributed by atoms with E-state index in [4.69, 9.17) is 5.11 Å². The van der Waals surface area contributed by atoms with Crippen LogP contribution in [0.3, 0.4) is 0 Å². The number of H-pyrrole nitrogens is 1. The van der Waals surface area contributed by atoms with Gasteiger partial charge in [0, 0.05) is 12.6 Å². The average Bonchev–Trinajstić information content (AvgIpc) is 2.40. The standard InChI is InChI=1S/C6H8N2O2/c9-3-6(10)1-5-2-7-4-8-5/h2-4,6,10H,1H2,(H,7,8). The van der Waals surface area contributed by atoms with Gasteiger partial charge < -0.3 is 14.9 Å².